The number of hydrogen-bond acceptors (Lipinski definition) is 2. The smallest absolute Gasteiger partial charge is 0.0239 e. The zero-order valence-corrected chi connectivity index (χ0v) is 9.20. The van der Waals surface area contributed by atoms with Crippen LogP contribution in [0.15, 0.2) is 30.5 Å². The normalized spacial score (nSPS) is 9.33. The van der Waals surface area contributed by atoms with Crippen molar-refractivity contribution in [2.75, 3.05) is 0 Å². The maximum absolute atomic E-state index is 9.31. The van der Waals surface area contributed by atoms with E-state index in [2.05, 4.69) is 11.1 Å². The van der Waals surface area contributed by atoms with E-state index in [0.29, 0.717) is 5.52 Å². The van der Waals surface area contributed by atoms with Crippen LogP contribution in [0, 0.1) is 6.07 Å². The number of fused-ring (bicyclic) bond motifs is 1. The summed E-state index contributed by atoms with van der Waals surface area (Å²) in [5.41, 5.74) is 0.701. The van der Waals surface area contributed by atoms with E-state index in [-0.39, 0.29) is 38.5 Å². The standard InChI is InChI=1S/C9H6NO.Y/c11-9-5-1-4-8-7(9)3-2-6-10-8;/h1-3,5-6,11H;/q-1;. The summed E-state index contributed by atoms with van der Waals surface area (Å²) >= 11 is 0. The second kappa shape index (κ2) is 3.97. The molecule has 3 heteroatoms. The number of phenols is 1. The Bertz CT molecular complexity index is 384. The Hall–Kier alpha value is -0.466. The van der Waals surface area contributed by atoms with Crippen LogP contribution in [0.1, 0.15) is 0 Å². The van der Waals surface area contributed by atoms with Gasteiger partial charge in [-0.05, 0) is 5.52 Å². The minimum atomic E-state index is 0. The third-order valence-electron chi connectivity index (χ3n) is 1.54. The van der Waals surface area contributed by atoms with Crippen LogP contribution in [0.2, 0.25) is 0 Å². The molecular formula is C9H6NOY-. The van der Waals surface area contributed by atoms with E-state index in [1.165, 1.54) is 0 Å². The Balaban J connectivity index is 0.000000720. The van der Waals surface area contributed by atoms with Gasteiger partial charge in [-0.3, -0.25) is 4.98 Å². The summed E-state index contributed by atoms with van der Waals surface area (Å²) in [4.78, 5) is 4.03. The summed E-state index contributed by atoms with van der Waals surface area (Å²) in [5, 5.41) is 10.1. The average Bonchev–Trinajstić information content (AvgIpc) is 2.06. The molecule has 12 heavy (non-hydrogen) atoms. The van der Waals surface area contributed by atoms with Crippen molar-refractivity contribution in [3.63, 3.8) is 0 Å². The largest absolute Gasteiger partial charge is 0.533 e. The minimum Gasteiger partial charge on any atom is -0.533 e. The number of benzene rings is 1. The van der Waals surface area contributed by atoms with Crippen molar-refractivity contribution < 1.29 is 37.8 Å². The quantitative estimate of drug-likeness (QED) is 0.703. The monoisotopic (exact) mass is 233 g/mol. The molecule has 0 saturated heterocycles. The Morgan fingerprint density at radius 2 is 2.17 bits per heavy atom. The van der Waals surface area contributed by atoms with Crippen molar-refractivity contribution in [3.8, 4) is 5.75 Å². The fourth-order valence-electron chi connectivity index (χ4n) is 1.02. The molecule has 0 unspecified atom stereocenters. The van der Waals surface area contributed by atoms with Crippen molar-refractivity contribution in [1.82, 2.24) is 4.98 Å². The SMILES string of the molecule is Oc1cc[c-]c2ncccc12.[Y]. The summed E-state index contributed by atoms with van der Waals surface area (Å²) in [6.07, 6.45) is 1.68. The second-order valence-electron chi connectivity index (χ2n) is 2.26. The van der Waals surface area contributed by atoms with Crippen LogP contribution in [-0.4, -0.2) is 10.1 Å². The molecule has 0 saturated carbocycles. The first-order chi connectivity index (χ1) is 5.38. The molecule has 0 atom stereocenters. The first-order valence-corrected chi connectivity index (χ1v) is 3.32. The topological polar surface area (TPSA) is 33.1 Å². The molecule has 0 bridgehead atoms. The Kier molecular flexibility index (Phi) is 3.18. The van der Waals surface area contributed by atoms with Crippen molar-refractivity contribution in [2.45, 2.75) is 0 Å². The molecule has 0 aliphatic carbocycles. The van der Waals surface area contributed by atoms with Gasteiger partial charge in [0.25, 0.3) is 0 Å². The molecule has 0 amide bonds. The number of rotatable bonds is 0. The van der Waals surface area contributed by atoms with Gasteiger partial charge >= 0.3 is 0 Å². The zero-order valence-electron chi connectivity index (χ0n) is 6.36. The van der Waals surface area contributed by atoms with Crippen LogP contribution >= 0.6 is 0 Å². The first-order valence-electron chi connectivity index (χ1n) is 3.32. The van der Waals surface area contributed by atoms with Crippen LogP contribution < -0.4 is 0 Å². The van der Waals surface area contributed by atoms with Crippen LogP contribution in [-0.2, 0) is 32.7 Å². The van der Waals surface area contributed by atoms with E-state index in [0.717, 1.165) is 5.39 Å². The number of nitrogens with zero attached hydrogens (tertiary/aromatic N) is 1. The van der Waals surface area contributed by atoms with Gasteiger partial charge in [-0.2, -0.15) is 12.1 Å². The number of hydrogen-bond donors (Lipinski definition) is 1. The molecule has 57 valence electrons. The third kappa shape index (κ3) is 1.65. The summed E-state index contributed by atoms with van der Waals surface area (Å²) in [6, 6.07) is 9.78. The first kappa shape index (κ1) is 9.62. The fraction of sp³-hybridized carbons (Fsp3) is 0. The summed E-state index contributed by atoms with van der Waals surface area (Å²) in [5.74, 6) is 0.256. The molecule has 0 aliphatic heterocycles. The molecule has 2 nitrogen and oxygen atoms in total. The molecule has 1 heterocycles. The van der Waals surface area contributed by atoms with Gasteiger partial charge in [-0.1, -0.05) is 11.5 Å². The van der Waals surface area contributed by atoms with E-state index >= 15 is 0 Å². The number of aromatic nitrogens is 1. The number of pyridine rings is 1. The molecule has 1 aromatic carbocycles. The fourth-order valence-corrected chi connectivity index (χ4v) is 1.02. The summed E-state index contributed by atoms with van der Waals surface area (Å²) in [7, 11) is 0. The van der Waals surface area contributed by atoms with Crippen LogP contribution in [0.4, 0.5) is 0 Å². The van der Waals surface area contributed by atoms with Gasteiger partial charge in [0.05, 0.1) is 0 Å². The Morgan fingerprint density at radius 3 is 2.92 bits per heavy atom. The van der Waals surface area contributed by atoms with E-state index < -0.39 is 0 Å². The molecular weight excluding hydrogens is 227 g/mol. The maximum Gasteiger partial charge on any atom is 0.0239 e. The predicted octanol–water partition coefficient (Wildman–Crippen LogP) is 1.74. The van der Waals surface area contributed by atoms with Crippen LogP contribution in [0.25, 0.3) is 10.9 Å². The molecule has 2 aromatic rings. The molecule has 1 aromatic heterocycles. The molecule has 1 N–H and O–H groups in total. The van der Waals surface area contributed by atoms with Gasteiger partial charge in [-0.25, -0.2) is 0 Å². The zero-order chi connectivity index (χ0) is 7.68. The Morgan fingerprint density at radius 1 is 1.33 bits per heavy atom. The van der Waals surface area contributed by atoms with E-state index in [1.807, 2.05) is 6.07 Å². The summed E-state index contributed by atoms with van der Waals surface area (Å²) in [6.45, 7) is 0. The van der Waals surface area contributed by atoms with E-state index in [9.17, 15) is 5.11 Å². The van der Waals surface area contributed by atoms with Crippen molar-refractivity contribution in [1.29, 1.82) is 0 Å². The second-order valence-corrected chi connectivity index (χ2v) is 2.26. The number of aromatic hydroxyl groups is 1. The van der Waals surface area contributed by atoms with Gasteiger partial charge < -0.3 is 5.11 Å². The van der Waals surface area contributed by atoms with Crippen LogP contribution in [0.5, 0.6) is 5.75 Å². The van der Waals surface area contributed by atoms with Gasteiger partial charge in [0.15, 0.2) is 0 Å². The number of phenolic OH excluding ortho intramolecular Hbond substituents is 1. The summed E-state index contributed by atoms with van der Waals surface area (Å²) < 4.78 is 0. The minimum absolute atomic E-state index is 0. The maximum atomic E-state index is 9.31. The van der Waals surface area contributed by atoms with Crippen molar-refractivity contribution in [2.24, 2.45) is 0 Å². The van der Waals surface area contributed by atoms with E-state index in [4.69, 9.17) is 0 Å². The predicted molar refractivity (Wildman–Crippen MR) is 42.2 cm³/mol. The molecule has 0 spiro atoms. The molecule has 0 aliphatic rings. The molecule has 2 rings (SSSR count). The van der Waals surface area contributed by atoms with Gasteiger partial charge in [0.2, 0.25) is 0 Å². The third-order valence-corrected chi connectivity index (χ3v) is 1.54. The van der Waals surface area contributed by atoms with E-state index in [1.54, 1.807) is 24.4 Å². The Labute approximate surface area is 95.5 Å². The van der Waals surface area contributed by atoms with Gasteiger partial charge in [0.1, 0.15) is 0 Å². The molecule has 1 radical (unpaired) electrons. The van der Waals surface area contributed by atoms with Gasteiger partial charge in [0, 0.05) is 44.7 Å². The van der Waals surface area contributed by atoms with Crippen LogP contribution in [0.3, 0.4) is 0 Å². The van der Waals surface area contributed by atoms with Crippen molar-refractivity contribution >= 4 is 10.9 Å². The average molecular weight is 233 g/mol. The van der Waals surface area contributed by atoms with Crippen molar-refractivity contribution in [3.05, 3.63) is 36.5 Å². The van der Waals surface area contributed by atoms with Gasteiger partial charge in [-0.15, -0.1) is 12.1 Å². The molecule has 0 fully saturated rings.